The molecular formula is C29H28N6O2S. The van der Waals surface area contributed by atoms with Crippen LogP contribution in [0, 0.1) is 5.41 Å². The van der Waals surface area contributed by atoms with Crippen LogP contribution in [0.3, 0.4) is 0 Å². The van der Waals surface area contributed by atoms with Gasteiger partial charge in [-0.25, -0.2) is 9.20 Å². The van der Waals surface area contributed by atoms with E-state index in [9.17, 15) is 9.00 Å². The van der Waals surface area contributed by atoms with Crippen LogP contribution in [0.5, 0.6) is 0 Å². The van der Waals surface area contributed by atoms with Gasteiger partial charge in [0, 0.05) is 30.2 Å². The second-order valence-corrected chi connectivity index (χ2v) is 11.0. The lowest BCUT2D eigenvalue weighted by molar-refractivity contribution is 0.465. The number of rotatable bonds is 6. The van der Waals surface area contributed by atoms with Gasteiger partial charge >= 0.3 is 0 Å². The first kappa shape index (κ1) is 24.2. The average molecular weight is 525 g/mol. The summed E-state index contributed by atoms with van der Waals surface area (Å²) < 4.78 is 17.2. The van der Waals surface area contributed by atoms with Crippen molar-refractivity contribution < 1.29 is 4.21 Å². The van der Waals surface area contributed by atoms with Gasteiger partial charge in [0.25, 0.3) is 5.56 Å². The lowest BCUT2D eigenvalue weighted by Gasteiger charge is -2.16. The van der Waals surface area contributed by atoms with Crippen LogP contribution < -0.4 is 27.2 Å². The highest BCUT2D eigenvalue weighted by Gasteiger charge is 2.35. The van der Waals surface area contributed by atoms with Crippen molar-refractivity contribution >= 4 is 15.8 Å². The highest BCUT2D eigenvalue weighted by Crippen LogP contribution is 2.32. The monoisotopic (exact) mass is 524 g/mol. The van der Waals surface area contributed by atoms with Crippen molar-refractivity contribution in [3.8, 4) is 11.3 Å². The molecule has 38 heavy (non-hydrogen) atoms. The molecule has 1 aliphatic heterocycles. The lowest BCUT2D eigenvalue weighted by Crippen LogP contribution is -2.59. The number of nitrogens with zero attached hydrogens (tertiary/aromatic N) is 4. The van der Waals surface area contributed by atoms with Gasteiger partial charge in [-0.05, 0) is 49.1 Å². The minimum atomic E-state index is -1.69. The summed E-state index contributed by atoms with van der Waals surface area (Å²) in [6.07, 6.45) is 4.68. The van der Waals surface area contributed by atoms with Crippen molar-refractivity contribution in [3.63, 3.8) is 0 Å². The third-order valence-electron chi connectivity index (χ3n) is 7.31. The first-order valence-electron chi connectivity index (χ1n) is 12.7. The van der Waals surface area contributed by atoms with Gasteiger partial charge in [0.15, 0.2) is 0 Å². The minimum absolute atomic E-state index is 0.0635. The molecule has 1 unspecified atom stereocenters. The zero-order chi connectivity index (χ0) is 26.2. The van der Waals surface area contributed by atoms with E-state index in [1.54, 1.807) is 25.4 Å². The van der Waals surface area contributed by atoms with Crippen LogP contribution >= 0.6 is 0 Å². The van der Waals surface area contributed by atoms with E-state index < -0.39 is 10.8 Å². The highest BCUT2D eigenvalue weighted by atomic mass is 32.2. The molecule has 2 aromatic heterocycles. The molecule has 1 aliphatic carbocycles. The van der Waals surface area contributed by atoms with Gasteiger partial charge in [-0.3, -0.25) is 24.3 Å². The lowest BCUT2D eigenvalue weighted by atomic mass is 10.1. The van der Waals surface area contributed by atoms with Gasteiger partial charge in [0.05, 0.1) is 17.8 Å². The van der Waals surface area contributed by atoms with Gasteiger partial charge < -0.3 is 5.32 Å². The van der Waals surface area contributed by atoms with Crippen molar-refractivity contribution in [3.05, 3.63) is 111 Å². The second-order valence-electron chi connectivity index (χ2n) is 9.63. The van der Waals surface area contributed by atoms with E-state index in [1.165, 1.54) is 4.57 Å². The molecule has 1 saturated carbocycles. The van der Waals surface area contributed by atoms with Crippen LogP contribution in [0.1, 0.15) is 30.9 Å². The molecule has 0 amide bonds. The number of nitrogens with one attached hydrogen (secondary N) is 2. The molecule has 0 saturated heterocycles. The third-order valence-corrected chi connectivity index (χ3v) is 8.73. The molecule has 8 nitrogen and oxygen atoms in total. The Morgan fingerprint density at radius 1 is 1.05 bits per heavy atom. The summed E-state index contributed by atoms with van der Waals surface area (Å²) in [7, 11) is -0.0117. The SMILES string of the molecule is Cn1c(=O)/c(=C(/NCc2ccc(-c3ccccn3)cc2)S(=O)c2ccccc2)c(=N)n2c1=N[C@@H]1CCC[C@@H]12. The molecule has 4 aromatic rings. The largest absolute Gasteiger partial charge is 0.373 e. The van der Waals surface area contributed by atoms with Crippen molar-refractivity contribution in [1.82, 2.24) is 19.4 Å². The van der Waals surface area contributed by atoms with E-state index in [1.807, 2.05) is 65.2 Å². The van der Waals surface area contributed by atoms with Gasteiger partial charge in [-0.15, -0.1) is 0 Å². The smallest absolute Gasteiger partial charge is 0.266 e. The molecule has 3 heterocycles. The normalized spacial score (nSPS) is 19.3. The number of aromatic nitrogens is 3. The summed E-state index contributed by atoms with van der Waals surface area (Å²) in [6, 6.07) is 23.0. The molecule has 3 atom stereocenters. The zero-order valence-corrected chi connectivity index (χ0v) is 21.8. The fourth-order valence-corrected chi connectivity index (χ4v) is 6.56. The Hall–Kier alpha value is -4.11. The molecule has 6 rings (SSSR count). The Morgan fingerprint density at radius 3 is 2.55 bits per heavy atom. The number of pyridine rings is 1. The van der Waals surface area contributed by atoms with Crippen molar-refractivity contribution in [1.29, 1.82) is 5.41 Å². The second kappa shape index (κ2) is 9.98. The maximum Gasteiger partial charge on any atom is 0.266 e. The van der Waals surface area contributed by atoms with Crippen molar-refractivity contribution in [2.45, 2.75) is 42.8 Å². The van der Waals surface area contributed by atoms with E-state index in [-0.39, 0.29) is 33.4 Å². The van der Waals surface area contributed by atoms with Crippen molar-refractivity contribution in [2.75, 3.05) is 0 Å². The van der Waals surface area contributed by atoms with E-state index in [4.69, 9.17) is 10.4 Å². The van der Waals surface area contributed by atoms with E-state index >= 15 is 0 Å². The predicted octanol–water partition coefficient (Wildman–Crippen LogP) is 2.12. The summed E-state index contributed by atoms with van der Waals surface area (Å²) >= 11 is 0. The summed E-state index contributed by atoms with van der Waals surface area (Å²) in [5, 5.41) is 12.8. The zero-order valence-electron chi connectivity index (χ0n) is 21.0. The third kappa shape index (κ3) is 4.22. The molecule has 0 radical (unpaired) electrons. The van der Waals surface area contributed by atoms with Crippen LogP contribution in [0.25, 0.3) is 16.3 Å². The van der Waals surface area contributed by atoms with Crippen LogP contribution in [0.2, 0.25) is 0 Å². The average Bonchev–Trinajstić information content (AvgIpc) is 3.56. The van der Waals surface area contributed by atoms with Crippen LogP contribution in [-0.4, -0.2) is 24.4 Å². The van der Waals surface area contributed by atoms with E-state index in [0.29, 0.717) is 17.1 Å². The fraction of sp³-hybridized carbons (Fsp3) is 0.241. The van der Waals surface area contributed by atoms with Crippen LogP contribution in [-0.2, 0) is 24.4 Å². The maximum absolute atomic E-state index is 13.9. The molecule has 2 N–H and O–H groups in total. The maximum atomic E-state index is 13.9. The number of benzene rings is 2. The Morgan fingerprint density at radius 2 is 1.82 bits per heavy atom. The molecular weight excluding hydrogens is 496 g/mol. The number of hydrogen-bond donors (Lipinski definition) is 2. The molecule has 0 spiro atoms. The molecule has 2 aromatic carbocycles. The summed E-state index contributed by atoms with van der Waals surface area (Å²) in [5.41, 5.74) is 3.06. The Balaban J connectivity index is 1.45. The molecule has 2 aliphatic rings. The Kier molecular flexibility index (Phi) is 6.37. The quantitative estimate of drug-likeness (QED) is 0.403. The van der Waals surface area contributed by atoms with E-state index in [2.05, 4.69) is 10.3 Å². The summed E-state index contributed by atoms with van der Waals surface area (Å²) in [6.45, 7) is 0.344. The molecule has 192 valence electrons. The first-order chi connectivity index (χ1) is 18.5. The van der Waals surface area contributed by atoms with Crippen molar-refractivity contribution in [2.24, 2.45) is 12.0 Å². The van der Waals surface area contributed by atoms with Gasteiger partial charge in [0.2, 0.25) is 5.62 Å². The minimum Gasteiger partial charge on any atom is -0.373 e. The summed E-state index contributed by atoms with van der Waals surface area (Å²) in [4.78, 5) is 23.4. The van der Waals surface area contributed by atoms with Gasteiger partial charge in [-0.2, -0.15) is 0 Å². The number of fused-ring (bicyclic) bond motifs is 3. The Labute approximate surface area is 222 Å². The molecule has 9 heteroatoms. The highest BCUT2D eigenvalue weighted by molar-refractivity contribution is 7.94. The molecule has 0 bridgehead atoms. The number of hydrogen-bond acceptors (Lipinski definition) is 6. The topological polar surface area (TPSA) is 105 Å². The predicted molar refractivity (Wildman–Crippen MR) is 146 cm³/mol. The molecule has 1 fully saturated rings. The standard InChI is InChI=1S/C29H28N6O2S/c1-34-28(36)25(26(30)35-24-12-7-11-23(24)33-29(34)35)27(38(37)21-8-3-2-4-9-21)32-18-19-13-15-20(16-14-19)22-10-5-6-17-31-22/h2-6,8-10,13-17,23-24,30,32H,7,11-12,18H2,1H3/b27-25-,30-26?/t23-,24+,38?/m1/s1. The Bertz CT molecular complexity index is 1760. The summed E-state index contributed by atoms with van der Waals surface area (Å²) in [5.74, 6) is 0. The van der Waals surface area contributed by atoms with Crippen LogP contribution in [0.4, 0.5) is 0 Å². The van der Waals surface area contributed by atoms with E-state index in [0.717, 1.165) is 36.1 Å². The van der Waals surface area contributed by atoms with Gasteiger partial charge in [-0.1, -0.05) is 48.5 Å². The first-order valence-corrected chi connectivity index (χ1v) is 13.9. The van der Waals surface area contributed by atoms with Gasteiger partial charge in [0.1, 0.15) is 26.5 Å². The van der Waals surface area contributed by atoms with Crippen LogP contribution in [0.15, 0.2) is 93.7 Å². The fourth-order valence-electron chi connectivity index (χ4n) is 5.35.